The minimum Gasteiger partial charge on any atom is -0.479 e. The molecular weight excluding hydrogens is 226 g/mol. The Morgan fingerprint density at radius 3 is 2.18 bits per heavy atom. The van der Waals surface area contributed by atoms with Gasteiger partial charge in [-0.1, -0.05) is 0 Å². The minimum atomic E-state index is -1.10. The first-order valence-electron chi connectivity index (χ1n) is 5.01. The summed E-state index contributed by atoms with van der Waals surface area (Å²) in [6.45, 7) is -0.409. The van der Waals surface area contributed by atoms with Crippen molar-refractivity contribution in [1.82, 2.24) is 4.90 Å². The molecule has 1 fully saturated rings. The molecule has 0 bridgehead atoms. The molecular formula is C10H11N3O4. The van der Waals surface area contributed by atoms with Crippen molar-refractivity contribution in [3.05, 3.63) is 0 Å². The zero-order valence-corrected chi connectivity index (χ0v) is 9.00. The second-order valence-electron chi connectivity index (χ2n) is 3.54. The number of carboxylic acid groups (broad SMARTS) is 1. The molecule has 0 radical (unpaired) electrons. The normalized spacial score (nSPS) is 22.5. The molecule has 1 aliphatic heterocycles. The zero-order chi connectivity index (χ0) is 12.8. The van der Waals surface area contributed by atoms with E-state index < -0.39 is 24.1 Å². The molecule has 2 unspecified atom stereocenters. The monoisotopic (exact) mass is 237 g/mol. The van der Waals surface area contributed by atoms with Crippen molar-refractivity contribution in [2.75, 3.05) is 13.1 Å². The molecule has 1 rings (SSSR count). The highest BCUT2D eigenvalue weighted by molar-refractivity contribution is 5.83. The lowest BCUT2D eigenvalue weighted by Gasteiger charge is -2.19. The Morgan fingerprint density at radius 2 is 1.76 bits per heavy atom. The highest BCUT2D eigenvalue weighted by Gasteiger charge is 2.36. The highest BCUT2D eigenvalue weighted by atomic mass is 16.5. The first-order valence-corrected chi connectivity index (χ1v) is 5.01. The van der Waals surface area contributed by atoms with Crippen LogP contribution in [0.5, 0.6) is 0 Å². The third-order valence-electron chi connectivity index (χ3n) is 2.41. The van der Waals surface area contributed by atoms with E-state index in [0.29, 0.717) is 6.42 Å². The van der Waals surface area contributed by atoms with E-state index in [1.54, 1.807) is 12.1 Å². The van der Waals surface area contributed by atoms with Crippen LogP contribution in [0.1, 0.15) is 12.8 Å². The Kier molecular flexibility index (Phi) is 4.44. The predicted molar refractivity (Wildman–Crippen MR) is 53.3 cm³/mol. The number of rotatable bonds is 4. The number of hydrogen-bond acceptors (Lipinski definition) is 5. The minimum absolute atomic E-state index is 0.204. The van der Waals surface area contributed by atoms with Crippen LogP contribution in [0.2, 0.25) is 0 Å². The maximum absolute atomic E-state index is 11.8. The van der Waals surface area contributed by atoms with E-state index in [9.17, 15) is 9.59 Å². The summed E-state index contributed by atoms with van der Waals surface area (Å²) >= 11 is 0. The number of nitriles is 2. The van der Waals surface area contributed by atoms with Crippen LogP contribution in [0.25, 0.3) is 0 Å². The van der Waals surface area contributed by atoms with Gasteiger partial charge in [0.1, 0.15) is 19.2 Å². The second kappa shape index (κ2) is 5.83. The average Bonchev–Trinajstić information content (AvgIpc) is 2.77. The lowest BCUT2D eigenvalue weighted by Crippen LogP contribution is -2.40. The SMILES string of the molecule is N#CCN(CC#N)C(=O)C1CCC(C(=O)O)O1. The van der Waals surface area contributed by atoms with Crippen LogP contribution in [0.15, 0.2) is 0 Å². The lowest BCUT2D eigenvalue weighted by atomic mass is 10.2. The van der Waals surface area contributed by atoms with Crippen molar-refractivity contribution in [1.29, 1.82) is 10.5 Å². The Hall–Kier alpha value is -2.12. The van der Waals surface area contributed by atoms with Gasteiger partial charge in [0, 0.05) is 0 Å². The highest BCUT2D eigenvalue weighted by Crippen LogP contribution is 2.21. The van der Waals surface area contributed by atoms with Crippen LogP contribution in [0.4, 0.5) is 0 Å². The zero-order valence-electron chi connectivity index (χ0n) is 9.00. The molecule has 2 atom stereocenters. The smallest absolute Gasteiger partial charge is 0.332 e. The molecule has 1 heterocycles. The summed E-state index contributed by atoms with van der Waals surface area (Å²) in [7, 11) is 0. The predicted octanol–water partition coefficient (Wildman–Crippen LogP) is -0.506. The van der Waals surface area contributed by atoms with Gasteiger partial charge >= 0.3 is 5.97 Å². The van der Waals surface area contributed by atoms with Crippen LogP contribution in [-0.4, -0.2) is 47.2 Å². The molecule has 0 aliphatic carbocycles. The molecule has 7 heteroatoms. The maximum Gasteiger partial charge on any atom is 0.332 e. The molecule has 17 heavy (non-hydrogen) atoms. The van der Waals surface area contributed by atoms with E-state index in [0.717, 1.165) is 4.90 Å². The fourth-order valence-corrected chi connectivity index (χ4v) is 1.59. The Labute approximate surface area is 97.8 Å². The molecule has 1 amide bonds. The number of hydrogen-bond donors (Lipinski definition) is 1. The molecule has 90 valence electrons. The van der Waals surface area contributed by atoms with Crippen molar-refractivity contribution in [3.8, 4) is 12.1 Å². The van der Waals surface area contributed by atoms with Crippen LogP contribution in [0, 0.1) is 22.7 Å². The Morgan fingerprint density at radius 1 is 1.24 bits per heavy atom. The summed E-state index contributed by atoms with van der Waals surface area (Å²) in [4.78, 5) is 23.5. The van der Waals surface area contributed by atoms with Gasteiger partial charge in [-0.25, -0.2) is 4.79 Å². The van der Waals surface area contributed by atoms with Gasteiger partial charge in [-0.15, -0.1) is 0 Å². The third-order valence-corrected chi connectivity index (χ3v) is 2.41. The number of aliphatic carboxylic acids is 1. The van der Waals surface area contributed by atoms with E-state index in [2.05, 4.69) is 0 Å². The molecule has 0 aromatic carbocycles. The summed E-state index contributed by atoms with van der Waals surface area (Å²) in [6.07, 6.45) is -1.28. The molecule has 7 nitrogen and oxygen atoms in total. The number of carboxylic acids is 1. The van der Waals surface area contributed by atoms with Crippen molar-refractivity contribution in [2.24, 2.45) is 0 Å². The molecule has 1 N–H and O–H groups in total. The van der Waals surface area contributed by atoms with Crippen molar-refractivity contribution in [2.45, 2.75) is 25.0 Å². The average molecular weight is 237 g/mol. The van der Waals surface area contributed by atoms with Crippen LogP contribution in [0.3, 0.4) is 0 Å². The summed E-state index contributed by atoms with van der Waals surface area (Å²) in [5.41, 5.74) is 0. The van der Waals surface area contributed by atoms with Crippen LogP contribution < -0.4 is 0 Å². The number of ether oxygens (including phenoxy) is 1. The number of nitrogens with zero attached hydrogens (tertiary/aromatic N) is 3. The molecule has 0 aromatic heterocycles. The van der Waals surface area contributed by atoms with Gasteiger partial charge in [-0.3, -0.25) is 4.79 Å². The quantitative estimate of drug-likeness (QED) is 0.659. The van der Waals surface area contributed by atoms with Crippen LogP contribution in [-0.2, 0) is 14.3 Å². The fraction of sp³-hybridized carbons (Fsp3) is 0.600. The van der Waals surface area contributed by atoms with Crippen LogP contribution >= 0.6 is 0 Å². The van der Waals surface area contributed by atoms with Gasteiger partial charge in [0.2, 0.25) is 0 Å². The molecule has 1 saturated heterocycles. The van der Waals surface area contributed by atoms with Gasteiger partial charge in [0.05, 0.1) is 12.1 Å². The van der Waals surface area contributed by atoms with E-state index in [1.165, 1.54) is 0 Å². The number of carbonyl (C=O) groups is 2. The van der Waals surface area contributed by atoms with E-state index in [4.69, 9.17) is 20.4 Å². The van der Waals surface area contributed by atoms with Gasteiger partial charge in [0.25, 0.3) is 5.91 Å². The summed E-state index contributed by atoms with van der Waals surface area (Å²) in [5, 5.41) is 25.7. The van der Waals surface area contributed by atoms with Crippen molar-refractivity contribution >= 4 is 11.9 Å². The van der Waals surface area contributed by atoms with E-state index in [1.807, 2.05) is 0 Å². The van der Waals surface area contributed by atoms with Gasteiger partial charge in [-0.2, -0.15) is 10.5 Å². The molecule has 0 aromatic rings. The summed E-state index contributed by atoms with van der Waals surface area (Å²) in [6, 6.07) is 3.55. The Bertz CT molecular complexity index is 379. The molecule has 0 spiro atoms. The first kappa shape index (κ1) is 12.9. The van der Waals surface area contributed by atoms with Gasteiger partial charge in [-0.05, 0) is 12.8 Å². The first-order chi connectivity index (χ1) is 8.10. The number of amides is 1. The Balaban J connectivity index is 2.61. The maximum atomic E-state index is 11.8. The second-order valence-corrected chi connectivity index (χ2v) is 3.54. The summed E-state index contributed by atoms with van der Waals surface area (Å²) < 4.78 is 5.05. The van der Waals surface area contributed by atoms with Gasteiger partial charge in [0.15, 0.2) is 6.10 Å². The number of carbonyl (C=O) groups excluding carboxylic acids is 1. The standard InChI is InChI=1S/C10H11N3O4/c11-3-5-13(6-4-12)9(14)7-1-2-8(17-7)10(15)16/h7-8H,1-2,5-6H2,(H,15,16). The fourth-order valence-electron chi connectivity index (χ4n) is 1.59. The molecule has 0 saturated carbocycles. The molecule has 1 aliphatic rings. The van der Waals surface area contributed by atoms with Crippen molar-refractivity contribution < 1.29 is 19.4 Å². The largest absolute Gasteiger partial charge is 0.479 e. The van der Waals surface area contributed by atoms with Crippen molar-refractivity contribution in [3.63, 3.8) is 0 Å². The topological polar surface area (TPSA) is 114 Å². The third kappa shape index (κ3) is 3.16. The van der Waals surface area contributed by atoms with Gasteiger partial charge < -0.3 is 14.7 Å². The van der Waals surface area contributed by atoms with E-state index in [-0.39, 0.29) is 19.5 Å². The lowest BCUT2D eigenvalue weighted by molar-refractivity contribution is -0.154. The summed E-state index contributed by atoms with van der Waals surface area (Å²) in [5.74, 6) is -1.61. The van der Waals surface area contributed by atoms with E-state index >= 15 is 0 Å².